The van der Waals surface area contributed by atoms with Crippen LogP contribution in [-0.4, -0.2) is 29.2 Å². The number of aliphatic hydroxyl groups excluding tert-OH is 1. The van der Waals surface area contributed by atoms with Gasteiger partial charge in [0, 0.05) is 0 Å². The summed E-state index contributed by atoms with van der Waals surface area (Å²) in [5, 5.41) is 8.82. The fourth-order valence-electron chi connectivity index (χ4n) is 1.82. The van der Waals surface area contributed by atoms with E-state index >= 15 is 0 Å². The summed E-state index contributed by atoms with van der Waals surface area (Å²) in [7, 11) is 0. The van der Waals surface area contributed by atoms with Gasteiger partial charge in [-0.25, -0.2) is 0 Å². The zero-order valence-corrected chi connectivity index (χ0v) is 10.9. The SMILES string of the molecule is NC(CCCC1=CC=CCC=C1)C(=O)C(O)C(F)(F)F. The number of nitrogens with two attached hydrogens (primary N) is 1. The topological polar surface area (TPSA) is 63.3 Å². The lowest BCUT2D eigenvalue weighted by molar-refractivity contribution is -0.204. The molecule has 0 radical (unpaired) electrons. The van der Waals surface area contributed by atoms with Gasteiger partial charge < -0.3 is 10.8 Å². The number of carbonyl (C=O) groups excluding carboxylic acids is 1. The van der Waals surface area contributed by atoms with Crippen LogP contribution in [0.2, 0.25) is 0 Å². The van der Waals surface area contributed by atoms with E-state index in [1.165, 1.54) is 0 Å². The summed E-state index contributed by atoms with van der Waals surface area (Å²) in [6.07, 6.45) is 3.87. The number of aliphatic hydroxyl groups is 1. The molecule has 2 unspecified atom stereocenters. The van der Waals surface area contributed by atoms with Crippen LogP contribution in [0.5, 0.6) is 0 Å². The van der Waals surface area contributed by atoms with Crippen LogP contribution in [0.15, 0.2) is 36.0 Å². The predicted octanol–water partition coefficient (Wildman–Crippen LogP) is 2.42. The first-order valence-electron chi connectivity index (χ1n) is 6.38. The molecular weight excluding hydrogens is 271 g/mol. The van der Waals surface area contributed by atoms with Crippen LogP contribution in [0, 0.1) is 0 Å². The summed E-state index contributed by atoms with van der Waals surface area (Å²) >= 11 is 0. The molecule has 6 heteroatoms. The van der Waals surface area contributed by atoms with Gasteiger partial charge in [-0.3, -0.25) is 4.79 Å². The Morgan fingerprint density at radius 1 is 1.40 bits per heavy atom. The van der Waals surface area contributed by atoms with E-state index in [0.29, 0.717) is 12.8 Å². The molecule has 0 aromatic heterocycles. The second-order valence-corrected chi connectivity index (χ2v) is 4.65. The van der Waals surface area contributed by atoms with Crippen LogP contribution < -0.4 is 5.73 Å². The molecule has 112 valence electrons. The van der Waals surface area contributed by atoms with Crippen LogP contribution in [0.1, 0.15) is 25.7 Å². The molecule has 1 aliphatic carbocycles. The lowest BCUT2D eigenvalue weighted by Crippen LogP contribution is -2.45. The van der Waals surface area contributed by atoms with E-state index in [0.717, 1.165) is 12.0 Å². The van der Waals surface area contributed by atoms with Crippen molar-refractivity contribution in [3.63, 3.8) is 0 Å². The molecule has 1 rings (SSSR count). The standard InChI is InChI=1S/C14H18F3NO2/c15-14(16,17)13(20)12(19)11(18)9-5-8-10-6-3-1-2-4-7-10/h1,3-4,6-7,11,13,20H,2,5,8-9,18H2. The highest BCUT2D eigenvalue weighted by Crippen LogP contribution is 2.22. The molecule has 3 N–H and O–H groups in total. The van der Waals surface area contributed by atoms with Gasteiger partial charge >= 0.3 is 6.18 Å². The molecule has 0 aromatic rings. The molecule has 1 aliphatic rings. The summed E-state index contributed by atoms with van der Waals surface area (Å²) in [5.41, 5.74) is 6.44. The van der Waals surface area contributed by atoms with E-state index in [2.05, 4.69) is 0 Å². The first-order chi connectivity index (χ1) is 9.32. The average molecular weight is 289 g/mol. The van der Waals surface area contributed by atoms with E-state index in [9.17, 15) is 18.0 Å². The molecule has 0 amide bonds. The fourth-order valence-corrected chi connectivity index (χ4v) is 1.82. The van der Waals surface area contributed by atoms with Crippen LogP contribution in [0.3, 0.4) is 0 Å². The highest BCUT2D eigenvalue weighted by Gasteiger charge is 2.44. The molecule has 2 atom stereocenters. The maximum absolute atomic E-state index is 12.2. The molecule has 0 saturated heterocycles. The molecule has 0 heterocycles. The summed E-state index contributed by atoms with van der Waals surface area (Å²) in [6.45, 7) is 0. The number of Topliss-reactive ketones (excluding diaryl/α,β-unsaturated/α-hetero) is 1. The largest absolute Gasteiger partial charge is 0.421 e. The van der Waals surface area contributed by atoms with Crippen molar-refractivity contribution < 1.29 is 23.1 Å². The lowest BCUT2D eigenvalue weighted by atomic mass is 9.99. The molecule has 0 aromatic carbocycles. The van der Waals surface area contributed by atoms with Crippen molar-refractivity contribution in [3.8, 4) is 0 Å². The lowest BCUT2D eigenvalue weighted by Gasteiger charge is -2.17. The van der Waals surface area contributed by atoms with Gasteiger partial charge in [0.2, 0.25) is 6.10 Å². The van der Waals surface area contributed by atoms with Gasteiger partial charge in [-0.05, 0) is 31.3 Å². The van der Waals surface area contributed by atoms with E-state index in [1.807, 2.05) is 30.4 Å². The van der Waals surface area contributed by atoms with Crippen molar-refractivity contribution in [1.82, 2.24) is 0 Å². The second-order valence-electron chi connectivity index (χ2n) is 4.65. The van der Waals surface area contributed by atoms with E-state index in [4.69, 9.17) is 10.8 Å². The minimum Gasteiger partial charge on any atom is -0.377 e. The maximum Gasteiger partial charge on any atom is 0.421 e. The number of carbonyl (C=O) groups is 1. The predicted molar refractivity (Wildman–Crippen MR) is 69.9 cm³/mol. The Morgan fingerprint density at radius 2 is 2.10 bits per heavy atom. The molecule has 0 bridgehead atoms. The number of halogens is 3. The summed E-state index contributed by atoms with van der Waals surface area (Å²) < 4.78 is 36.5. The number of alkyl halides is 3. The second kappa shape index (κ2) is 7.40. The van der Waals surface area contributed by atoms with Crippen LogP contribution in [0.4, 0.5) is 13.2 Å². The number of ketones is 1. The van der Waals surface area contributed by atoms with Gasteiger partial charge in [-0.2, -0.15) is 13.2 Å². The minimum absolute atomic E-state index is 0.112. The Morgan fingerprint density at radius 3 is 2.75 bits per heavy atom. The van der Waals surface area contributed by atoms with Crippen molar-refractivity contribution in [1.29, 1.82) is 0 Å². The average Bonchev–Trinajstić information content (AvgIpc) is 2.64. The zero-order valence-electron chi connectivity index (χ0n) is 10.9. The molecular formula is C14H18F3NO2. The summed E-state index contributed by atoms with van der Waals surface area (Å²) in [4.78, 5) is 11.3. The molecule has 0 fully saturated rings. The number of hydrogen-bond acceptors (Lipinski definition) is 3. The van der Waals surface area contributed by atoms with Crippen LogP contribution in [0.25, 0.3) is 0 Å². The Bertz CT molecular complexity index is 425. The van der Waals surface area contributed by atoms with E-state index in [-0.39, 0.29) is 6.42 Å². The van der Waals surface area contributed by atoms with Gasteiger partial charge in [0.05, 0.1) is 6.04 Å². The highest BCUT2D eigenvalue weighted by atomic mass is 19.4. The monoisotopic (exact) mass is 289 g/mol. The minimum atomic E-state index is -4.95. The van der Waals surface area contributed by atoms with Crippen LogP contribution in [-0.2, 0) is 4.79 Å². The molecule has 0 saturated carbocycles. The van der Waals surface area contributed by atoms with Gasteiger partial charge in [0.25, 0.3) is 0 Å². The first-order valence-corrected chi connectivity index (χ1v) is 6.38. The normalized spacial score (nSPS) is 18.4. The van der Waals surface area contributed by atoms with Crippen molar-refractivity contribution >= 4 is 5.78 Å². The number of allylic oxidation sites excluding steroid dienone is 6. The maximum atomic E-state index is 12.2. The van der Waals surface area contributed by atoms with Crippen molar-refractivity contribution in [2.45, 2.75) is 44.0 Å². The molecule has 0 aliphatic heterocycles. The van der Waals surface area contributed by atoms with Gasteiger partial charge in [0.1, 0.15) is 0 Å². The number of hydrogen-bond donors (Lipinski definition) is 2. The zero-order chi connectivity index (χ0) is 15.2. The van der Waals surface area contributed by atoms with Gasteiger partial charge in [0.15, 0.2) is 5.78 Å². The van der Waals surface area contributed by atoms with Gasteiger partial charge in [-0.1, -0.05) is 30.4 Å². The third-order valence-electron chi connectivity index (χ3n) is 2.98. The van der Waals surface area contributed by atoms with E-state index in [1.54, 1.807) is 0 Å². The number of rotatable bonds is 6. The van der Waals surface area contributed by atoms with Crippen molar-refractivity contribution in [3.05, 3.63) is 36.0 Å². The fraction of sp³-hybridized carbons (Fsp3) is 0.500. The Balaban J connectivity index is 2.40. The quantitative estimate of drug-likeness (QED) is 0.789. The van der Waals surface area contributed by atoms with Crippen molar-refractivity contribution in [2.75, 3.05) is 0 Å². The summed E-state index contributed by atoms with van der Waals surface area (Å²) in [5.74, 6) is -1.37. The summed E-state index contributed by atoms with van der Waals surface area (Å²) in [6, 6.07) is -1.29. The van der Waals surface area contributed by atoms with E-state index < -0.39 is 24.1 Å². The van der Waals surface area contributed by atoms with Crippen LogP contribution >= 0.6 is 0 Å². The smallest absolute Gasteiger partial charge is 0.377 e. The highest BCUT2D eigenvalue weighted by molar-refractivity contribution is 5.88. The third-order valence-corrected chi connectivity index (χ3v) is 2.98. The molecule has 3 nitrogen and oxygen atoms in total. The molecule has 20 heavy (non-hydrogen) atoms. The van der Waals surface area contributed by atoms with Crippen molar-refractivity contribution in [2.24, 2.45) is 5.73 Å². The Hall–Kier alpha value is -1.40. The third kappa shape index (κ3) is 5.30. The first kappa shape index (κ1) is 16.7. The molecule has 0 spiro atoms. The Kier molecular flexibility index (Phi) is 6.16. The van der Waals surface area contributed by atoms with Gasteiger partial charge in [-0.15, -0.1) is 0 Å². The Labute approximate surface area is 115 Å².